The van der Waals surface area contributed by atoms with E-state index in [-0.39, 0.29) is 28.1 Å². The monoisotopic (exact) mass is 575 g/mol. The maximum absolute atomic E-state index is 13.2. The number of carbonyl (C=O) groups is 2. The molecule has 1 aromatic carbocycles. The predicted molar refractivity (Wildman–Crippen MR) is 158 cm³/mol. The van der Waals surface area contributed by atoms with Crippen molar-refractivity contribution >= 4 is 33.3 Å². The van der Waals surface area contributed by atoms with Gasteiger partial charge >= 0.3 is 0 Å². The van der Waals surface area contributed by atoms with E-state index in [2.05, 4.69) is 36.3 Å². The van der Waals surface area contributed by atoms with E-state index in [9.17, 15) is 18.0 Å². The molecule has 1 aliphatic carbocycles. The van der Waals surface area contributed by atoms with Crippen molar-refractivity contribution in [3.63, 3.8) is 0 Å². The Bertz CT molecular complexity index is 1270. The fourth-order valence-electron chi connectivity index (χ4n) is 4.94. The second-order valence-corrected chi connectivity index (χ2v) is 14.3. The van der Waals surface area contributed by atoms with Gasteiger partial charge < -0.3 is 15.5 Å². The summed E-state index contributed by atoms with van der Waals surface area (Å²) in [4.78, 5) is 28.1. The van der Waals surface area contributed by atoms with Crippen molar-refractivity contribution in [2.24, 2.45) is 11.3 Å². The van der Waals surface area contributed by atoms with Crippen LogP contribution >= 0.6 is 11.6 Å². The Kier molecular flexibility index (Phi) is 10.5. The Hall–Kier alpha value is -2.58. The minimum atomic E-state index is -3.49. The van der Waals surface area contributed by atoms with Crippen LogP contribution in [0.25, 0.3) is 0 Å². The molecule has 7 nitrogen and oxygen atoms in total. The number of likely N-dealkylation sites (tertiary alicyclic amines) is 1. The van der Waals surface area contributed by atoms with Gasteiger partial charge in [0.05, 0.1) is 16.3 Å². The molecule has 1 aromatic rings. The van der Waals surface area contributed by atoms with E-state index in [1.807, 2.05) is 6.92 Å². The van der Waals surface area contributed by atoms with Crippen LogP contribution in [0.2, 0.25) is 5.02 Å². The summed E-state index contributed by atoms with van der Waals surface area (Å²) in [6.07, 6.45) is 8.86. The topological polar surface area (TPSA) is 95.6 Å². The lowest BCUT2D eigenvalue weighted by atomic mass is 9.91. The Morgan fingerprint density at radius 2 is 1.85 bits per heavy atom. The second-order valence-electron chi connectivity index (χ2n) is 11.9. The van der Waals surface area contributed by atoms with Gasteiger partial charge in [0.1, 0.15) is 0 Å². The highest BCUT2D eigenvalue weighted by Crippen LogP contribution is 2.31. The van der Waals surface area contributed by atoms with Crippen molar-refractivity contribution in [1.29, 1.82) is 0 Å². The van der Waals surface area contributed by atoms with Crippen LogP contribution in [0.5, 0.6) is 0 Å². The first-order valence-corrected chi connectivity index (χ1v) is 15.9. The first kappa shape index (κ1) is 31.0. The zero-order valence-electron chi connectivity index (χ0n) is 23.8. The number of carbonyl (C=O) groups excluding carboxylic acids is 2. The molecule has 1 fully saturated rings. The molecule has 39 heavy (non-hydrogen) atoms. The molecule has 0 bridgehead atoms. The number of sulfone groups is 1. The Balaban J connectivity index is 1.78. The lowest BCUT2D eigenvalue weighted by Gasteiger charge is -2.37. The summed E-state index contributed by atoms with van der Waals surface area (Å²) in [7, 11) is -3.49. The van der Waals surface area contributed by atoms with Crippen molar-refractivity contribution in [3.8, 4) is 0 Å². The third kappa shape index (κ3) is 9.53. The minimum absolute atomic E-state index is 0.0938. The third-order valence-electron chi connectivity index (χ3n) is 7.18. The lowest BCUT2D eigenvalue weighted by Crippen LogP contribution is -2.39. The van der Waals surface area contributed by atoms with Crippen LogP contribution in [-0.4, -0.2) is 51.0 Å². The van der Waals surface area contributed by atoms with E-state index in [1.54, 1.807) is 36.4 Å². The number of piperidine rings is 1. The Morgan fingerprint density at radius 3 is 2.46 bits per heavy atom. The highest BCUT2D eigenvalue weighted by Gasteiger charge is 2.28. The van der Waals surface area contributed by atoms with Gasteiger partial charge in [0, 0.05) is 42.9 Å². The average molecular weight is 576 g/mol. The molecular formula is C30H42ClN3O4S. The summed E-state index contributed by atoms with van der Waals surface area (Å²) in [5.74, 6) is 0.0194. The van der Waals surface area contributed by atoms with Crippen molar-refractivity contribution < 1.29 is 18.0 Å². The standard InChI is InChI=1S/C30H42ClN3O4S/c1-21-8-6-11-25(39(5,37)38)20-26(33-29(36)23-9-7-10-24(31)19-23)28(21)34-16-12-22(13-17-34)18-27(35)32-15-14-30(2,3)4/h7,9-11,19-20,22H,6,8,12-18H2,1-5H3,(H,32,35)(H,33,36). The molecular weight excluding hydrogens is 534 g/mol. The number of nitrogens with zero attached hydrogens (tertiary/aromatic N) is 1. The number of amides is 2. The summed E-state index contributed by atoms with van der Waals surface area (Å²) in [6, 6.07) is 6.66. The van der Waals surface area contributed by atoms with E-state index in [1.165, 1.54) is 6.26 Å². The molecule has 0 atom stereocenters. The molecule has 2 N–H and O–H groups in total. The zero-order valence-corrected chi connectivity index (χ0v) is 25.3. The molecule has 2 aliphatic rings. The van der Waals surface area contributed by atoms with Crippen LogP contribution < -0.4 is 10.6 Å². The number of hydrogen-bond donors (Lipinski definition) is 2. The van der Waals surface area contributed by atoms with Crippen LogP contribution in [-0.2, 0) is 14.6 Å². The van der Waals surface area contributed by atoms with Gasteiger partial charge in [0.2, 0.25) is 5.91 Å². The highest BCUT2D eigenvalue weighted by molar-refractivity contribution is 7.94. The van der Waals surface area contributed by atoms with Gasteiger partial charge in [-0.05, 0) is 80.2 Å². The SMILES string of the molecule is CC1=C(N2CCC(CC(=O)NCCC(C)(C)C)CC2)C(NC(=O)c2cccc(Cl)c2)=CC(S(C)(=O)=O)=CCC1. The zero-order chi connectivity index (χ0) is 28.8. The molecule has 3 rings (SSSR count). The molecule has 9 heteroatoms. The molecule has 0 aromatic heterocycles. The fourth-order valence-corrected chi connectivity index (χ4v) is 5.88. The highest BCUT2D eigenvalue weighted by atomic mass is 35.5. The largest absolute Gasteiger partial charge is 0.370 e. The van der Waals surface area contributed by atoms with E-state index >= 15 is 0 Å². The van der Waals surface area contributed by atoms with Crippen molar-refractivity contribution in [3.05, 3.63) is 68.9 Å². The number of rotatable bonds is 8. The Labute approximate surface area is 238 Å². The summed E-state index contributed by atoms with van der Waals surface area (Å²) in [5.41, 5.74) is 2.97. The number of hydrogen-bond acceptors (Lipinski definition) is 5. The molecule has 214 valence electrons. The maximum Gasteiger partial charge on any atom is 0.255 e. The summed E-state index contributed by atoms with van der Waals surface area (Å²) >= 11 is 6.10. The predicted octanol–water partition coefficient (Wildman–Crippen LogP) is 5.60. The van der Waals surface area contributed by atoms with Gasteiger partial charge in [-0.2, -0.15) is 0 Å². The van der Waals surface area contributed by atoms with Crippen molar-refractivity contribution in [1.82, 2.24) is 15.5 Å². The van der Waals surface area contributed by atoms with Crippen LogP contribution in [0.15, 0.2) is 58.3 Å². The lowest BCUT2D eigenvalue weighted by molar-refractivity contribution is -0.122. The van der Waals surface area contributed by atoms with E-state index in [0.29, 0.717) is 42.1 Å². The van der Waals surface area contributed by atoms with E-state index in [0.717, 1.165) is 43.6 Å². The van der Waals surface area contributed by atoms with Crippen molar-refractivity contribution in [2.75, 3.05) is 25.9 Å². The fraction of sp³-hybridized carbons (Fsp3) is 0.533. The second kappa shape index (κ2) is 13.2. The molecule has 1 aliphatic heterocycles. The maximum atomic E-state index is 13.2. The third-order valence-corrected chi connectivity index (χ3v) is 8.55. The summed E-state index contributed by atoms with van der Waals surface area (Å²) in [6.45, 7) is 10.6. The molecule has 1 saturated heterocycles. The van der Waals surface area contributed by atoms with Crippen LogP contribution in [0.4, 0.5) is 0 Å². The van der Waals surface area contributed by atoms with Gasteiger partial charge in [0.15, 0.2) is 9.84 Å². The van der Waals surface area contributed by atoms with Gasteiger partial charge in [0.25, 0.3) is 5.91 Å². The first-order chi connectivity index (χ1) is 18.2. The van der Waals surface area contributed by atoms with Crippen LogP contribution in [0, 0.1) is 11.3 Å². The number of nitrogens with one attached hydrogen (secondary N) is 2. The summed E-state index contributed by atoms with van der Waals surface area (Å²) < 4.78 is 25.1. The first-order valence-electron chi connectivity index (χ1n) is 13.6. The molecule has 0 saturated carbocycles. The average Bonchev–Trinajstić information content (AvgIpc) is 2.82. The van der Waals surface area contributed by atoms with Crippen LogP contribution in [0.1, 0.15) is 76.6 Å². The minimum Gasteiger partial charge on any atom is -0.370 e. The van der Waals surface area contributed by atoms with Gasteiger partial charge in [-0.1, -0.05) is 44.5 Å². The number of halogens is 1. The van der Waals surface area contributed by atoms with Gasteiger partial charge in [-0.25, -0.2) is 8.42 Å². The van der Waals surface area contributed by atoms with E-state index in [4.69, 9.17) is 11.6 Å². The van der Waals surface area contributed by atoms with Crippen LogP contribution in [0.3, 0.4) is 0 Å². The molecule has 0 unspecified atom stereocenters. The molecule has 1 heterocycles. The smallest absolute Gasteiger partial charge is 0.255 e. The normalized spacial score (nSPS) is 17.6. The number of benzene rings is 1. The quantitative estimate of drug-likeness (QED) is 0.420. The number of allylic oxidation sites excluding steroid dienone is 3. The van der Waals surface area contributed by atoms with E-state index < -0.39 is 9.84 Å². The molecule has 0 radical (unpaired) electrons. The molecule has 0 spiro atoms. The summed E-state index contributed by atoms with van der Waals surface area (Å²) in [5, 5.41) is 6.49. The molecule has 2 amide bonds. The Morgan fingerprint density at radius 1 is 1.15 bits per heavy atom. The van der Waals surface area contributed by atoms with Gasteiger partial charge in [-0.3, -0.25) is 9.59 Å². The van der Waals surface area contributed by atoms with Crippen molar-refractivity contribution in [2.45, 2.75) is 66.2 Å². The van der Waals surface area contributed by atoms with Gasteiger partial charge in [-0.15, -0.1) is 0 Å².